The van der Waals surface area contributed by atoms with Crippen LogP contribution in [0.1, 0.15) is 31.1 Å². The summed E-state index contributed by atoms with van der Waals surface area (Å²) in [7, 11) is -1.47. The Bertz CT molecular complexity index is 579. The van der Waals surface area contributed by atoms with E-state index < -0.39 is 9.84 Å². The lowest BCUT2D eigenvalue weighted by Crippen LogP contribution is -2.39. The Kier molecular flexibility index (Phi) is 6.28. The predicted octanol–water partition coefficient (Wildman–Crippen LogP) is 2.69. The van der Waals surface area contributed by atoms with Crippen molar-refractivity contribution < 1.29 is 13.2 Å². The smallest absolute Gasteiger partial charge is 0.253 e. The number of amides is 1. The van der Waals surface area contributed by atoms with Crippen LogP contribution in [0.15, 0.2) is 29.2 Å². The van der Waals surface area contributed by atoms with Gasteiger partial charge in [0.05, 0.1) is 5.75 Å². The van der Waals surface area contributed by atoms with Gasteiger partial charge in [-0.1, -0.05) is 13.8 Å². The van der Waals surface area contributed by atoms with Gasteiger partial charge in [0.15, 0.2) is 0 Å². The second kappa shape index (κ2) is 7.31. The lowest BCUT2D eigenvalue weighted by Gasteiger charge is -2.24. The topological polar surface area (TPSA) is 54.5 Å². The molecule has 0 aliphatic heterocycles. The van der Waals surface area contributed by atoms with E-state index >= 15 is 0 Å². The van der Waals surface area contributed by atoms with Crippen molar-refractivity contribution in [3.8, 4) is 0 Å². The number of nitrogens with zero attached hydrogens (tertiary/aromatic N) is 1. The van der Waals surface area contributed by atoms with Gasteiger partial charge >= 0.3 is 0 Å². The summed E-state index contributed by atoms with van der Waals surface area (Å²) in [4.78, 5) is 14.9. The number of benzene rings is 1. The summed E-state index contributed by atoms with van der Waals surface area (Å²) in [6.45, 7) is 5.97. The monoisotopic (exact) mass is 329 g/mol. The highest BCUT2D eigenvalue weighted by molar-refractivity contribution is 7.99. The number of hydrogen-bond donors (Lipinski definition) is 0. The van der Waals surface area contributed by atoms with Gasteiger partial charge in [0, 0.05) is 35.1 Å². The van der Waals surface area contributed by atoms with Crippen LogP contribution in [0.25, 0.3) is 0 Å². The van der Waals surface area contributed by atoms with E-state index in [1.165, 1.54) is 11.2 Å². The van der Waals surface area contributed by atoms with Crippen molar-refractivity contribution in [1.29, 1.82) is 0 Å². The molecular weight excluding hydrogens is 306 g/mol. The molecule has 1 aromatic carbocycles. The summed E-state index contributed by atoms with van der Waals surface area (Å²) in [5.41, 5.74) is 0.575. The highest BCUT2D eigenvalue weighted by Gasteiger charge is 2.20. The molecule has 4 nitrogen and oxygen atoms in total. The van der Waals surface area contributed by atoms with Crippen LogP contribution < -0.4 is 0 Å². The van der Waals surface area contributed by atoms with E-state index in [0.717, 1.165) is 4.90 Å². The van der Waals surface area contributed by atoms with Gasteiger partial charge in [0.1, 0.15) is 9.84 Å². The van der Waals surface area contributed by atoms with Gasteiger partial charge in [-0.2, -0.15) is 0 Å². The molecule has 1 amide bonds. The van der Waals surface area contributed by atoms with Crippen LogP contribution in [0.3, 0.4) is 0 Å². The summed E-state index contributed by atoms with van der Waals surface area (Å²) in [5, 5.41) is 0.490. The molecule has 1 atom stereocenters. The summed E-state index contributed by atoms with van der Waals surface area (Å²) in [6, 6.07) is 7.07. The van der Waals surface area contributed by atoms with Crippen molar-refractivity contribution >= 4 is 27.5 Å². The molecule has 21 heavy (non-hydrogen) atoms. The van der Waals surface area contributed by atoms with Gasteiger partial charge in [0.2, 0.25) is 0 Å². The standard InChI is InChI=1S/C15H23NO3S2/c1-11(2)20-14-8-6-13(7-9-14)15(17)16(4)12(3)10-21(5,18)19/h6-9,11-12H,10H2,1-5H3/t12-/m0/s1. The summed E-state index contributed by atoms with van der Waals surface area (Å²) in [6.07, 6.45) is 1.18. The van der Waals surface area contributed by atoms with Gasteiger partial charge in [-0.05, 0) is 31.2 Å². The van der Waals surface area contributed by atoms with Crippen molar-refractivity contribution in [2.45, 2.75) is 37.0 Å². The quantitative estimate of drug-likeness (QED) is 0.753. The molecule has 1 aromatic rings. The zero-order valence-corrected chi connectivity index (χ0v) is 14.8. The molecule has 0 aliphatic rings. The van der Waals surface area contributed by atoms with Crippen molar-refractivity contribution in [1.82, 2.24) is 4.90 Å². The molecular formula is C15H23NO3S2. The molecule has 0 unspecified atom stereocenters. The van der Waals surface area contributed by atoms with Gasteiger partial charge in [-0.3, -0.25) is 4.79 Å². The SMILES string of the molecule is CC(C)Sc1ccc(C(=O)N(C)[C@@H](C)CS(C)(=O)=O)cc1. The molecule has 118 valence electrons. The fourth-order valence-corrected chi connectivity index (χ4v) is 3.84. The molecule has 0 saturated carbocycles. The molecule has 6 heteroatoms. The summed E-state index contributed by atoms with van der Waals surface area (Å²) < 4.78 is 22.6. The number of thioether (sulfide) groups is 1. The van der Waals surface area contributed by atoms with Crippen LogP contribution in [0.5, 0.6) is 0 Å². The lowest BCUT2D eigenvalue weighted by molar-refractivity contribution is 0.0757. The van der Waals surface area contributed by atoms with Crippen molar-refractivity contribution in [2.24, 2.45) is 0 Å². The van der Waals surface area contributed by atoms with E-state index in [4.69, 9.17) is 0 Å². The Hall–Kier alpha value is -1.01. The maximum absolute atomic E-state index is 12.3. The van der Waals surface area contributed by atoms with E-state index in [2.05, 4.69) is 13.8 Å². The number of sulfone groups is 1. The van der Waals surface area contributed by atoms with Crippen molar-refractivity contribution in [2.75, 3.05) is 19.1 Å². The highest BCUT2D eigenvalue weighted by atomic mass is 32.2. The van der Waals surface area contributed by atoms with E-state index in [1.807, 2.05) is 12.1 Å². The van der Waals surface area contributed by atoms with Crippen LogP contribution >= 0.6 is 11.8 Å². The third-order valence-corrected chi connectivity index (χ3v) is 5.10. The summed E-state index contributed by atoms with van der Waals surface area (Å²) in [5.74, 6) is -0.191. The Morgan fingerprint density at radius 1 is 1.19 bits per heavy atom. The maximum Gasteiger partial charge on any atom is 0.253 e. The maximum atomic E-state index is 12.3. The van der Waals surface area contributed by atoms with Crippen LogP contribution in [-0.4, -0.2) is 49.6 Å². The van der Waals surface area contributed by atoms with Crippen molar-refractivity contribution in [3.05, 3.63) is 29.8 Å². The largest absolute Gasteiger partial charge is 0.338 e. The minimum Gasteiger partial charge on any atom is -0.338 e. The molecule has 0 saturated heterocycles. The molecule has 0 fully saturated rings. The Morgan fingerprint density at radius 3 is 2.14 bits per heavy atom. The number of carbonyl (C=O) groups is 1. The Labute approximate surface area is 131 Å². The first-order chi connectivity index (χ1) is 9.60. The first-order valence-corrected chi connectivity index (χ1v) is 9.76. The van der Waals surface area contributed by atoms with E-state index in [-0.39, 0.29) is 17.7 Å². The number of hydrogen-bond acceptors (Lipinski definition) is 4. The van der Waals surface area contributed by atoms with E-state index in [9.17, 15) is 13.2 Å². The van der Waals surface area contributed by atoms with E-state index in [1.54, 1.807) is 37.9 Å². The minimum absolute atomic E-state index is 0.0312. The van der Waals surface area contributed by atoms with Gasteiger partial charge < -0.3 is 4.90 Å². The first-order valence-electron chi connectivity index (χ1n) is 6.81. The average molecular weight is 329 g/mol. The van der Waals surface area contributed by atoms with Crippen LogP contribution in [0.4, 0.5) is 0 Å². The molecule has 0 radical (unpaired) electrons. The fraction of sp³-hybridized carbons (Fsp3) is 0.533. The molecule has 0 aliphatic carbocycles. The lowest BCUT2D eigenvalue weighted by atomic mass is 10.2. The second-order valence-electron chi connectivity index (χ2n) is 5.55. The Balaban J connectivity index is 2.78. The molecule has 0 spiro atoms. The average Bonchev–Trinajstić information content (AvgIpc) is 2.35. The van der Waals surface area contributed by atoms with Crippen LogP contribution in [0.2, 0.25) is 0 Å². The van der Waals surface area contributed by atoms with Crippen LogP contribution in [-0.2, 0) is 9.84 Å². The third kappa shape index (κ3) is 6.09. The van der Waals surface area contributed by atoms with Crippen molar-refractivity contribution in [3.63, 3.8) is 0 Å². The molecule has 1 rings (SSSR count). The fourth-order valence-electron chi connectivity index (χ4n) is 1.90. The number of carbonyl (C=O) groups excluding carboxylic acids is 1. The van der Waals surface area contributed by atoms with Gasteiger partial charge in [-0.15, -0.1) is 11.8 Å². The second-order valence-corrected chi connectivity index (χ2v) is 9.38. The number of rotatable bonds is 6. The highest BCUT2D eigenvalue weighted by Crippen LogP contribution is 2.23. The first kappa shape index (κ1) is 18.0. The van der Waals surface area contributed by atoms with Gasteiger partial charge in [-0.25, -0.2) is 8.42 Å². The van der Waals surface area contributed by atoms with Crippen LogP contribution in [0, 0.1) is 0 Å². The zero-order chi connectivity index (χ0) is 16.2. The molecule has 0 aromatic heterocycles. The summed E-state index contributed by atoms with van der Waals surface area (Å²) >= 11 is 1.74. The predicted molar refractivity (Wildman–Crippen MR) is 88.7 cm³/mol. The molecule has 0 heterocycles. The molecule has 0 bridgehead atoms. The molecule has 0 N–H and O–H groups in total. The minimum atomic E-state index is -3.10. The van der Waals surface area contributed by atoms with Gasteiger partial charge in [0.25, 0.3) is 5.91 Å². The zero-order valence-electron chi connectivity index (χ0n) is 13.2. The Morgan fingerprint density at radius 2 is 1.71 bits per heavy atom. The third-order valence-electron chi connectivity index (χ3n) is 3.00. The van der Waals surface area contributed by atoms with E-state index in [0.29, 0.717) is 10.8 Å². The normalized spacial score (nSPS) is 13.2.